The van der Waals surface area contributed by atoms with Gasteiger partial charge in [0.15, 0.2) is 0 Å². The van der Waals surface area contributed by atoms with E-state index in [9.17, 15) is 0 Å². The predicted octanol–water partition coefficient (Wildman–Crippen LogP) is 2.46. The van der Waals surface area contributed by atoms with Crippen molar-refractivity contribution in [2.75, 3.05) is 0 Å². The van der Waals surface area contributed by atoms with E-state index in [4.69, 9.17) is 5.73 Å². The van der Waals surface area contributed by atoms with Gasteiger partial charge in [0.25, 0.3) is 0 Å². The topological polar surface area (TPSA) is 51.8 Å². The van der Waals surface area contributed by atoms with Crippen molar-refractivity contribution in [3.05, 3.63) is 32.2 Å². The Labute approximate surface area is 97.0 Å². The molecule has 1 atom stereocenters. The van der Waals surface area contributed by atoms with E-state index in [2.05, 4.69) is 9.97 Å². The minimum Gasteiger partial charge on any atom is -0.322 e. The van der Waals surface area contributed by atoms with Gasteiger partial charge in [0.2, 0.25) is 0 Å². The number of nitrogens with two attached hydrogens (primary N) is 1. The van der Waals surface area contributed by atoms with Gasteiger partial charge in [0, 0.05) is 22.9 Å². The molecule has 0 spiro atoms. The lowest BCUT2D eigenvalue weighted by molar-refractivity contribution is 0.719. The maximum Gasteiger partial charge on any atom is 0.110 e. The molecule has 2 heterocycles. The first kappa shape index (κ1) is 10.7. The summed E-state index contributed by atoms with van der Waals surface area (Å²) in [6, 6.07) is 0.00329. The van der Waals surface area contributed by atoms with Crippen molar-refractivity contribution in [3.63, 3.8) is 0 Å². The molecule has 80 valence electrons. The second-order valence-corrected chi connectivity index (χ2v) is 5.64. The molecule has 2 rings (SSSR count). The highest BCUT2D eigenvalue weighted by Crippen LogP contribution is 2.24. The number of aryl methyl sites for hydroxylation is 2. The number of thiazole rings is 2. The van der Waals surface area contributed by atoms with Gasteiger partial charge in [-0.05, 0) is 13.8 Å². The van der Waals surface area contributed by atoms with Crippen LogP contribution >= 0.6 is 22.7 Å². The van der Waals surface area contributed by atoms with Crippen LogP contribution in [0.25, 0.3) is 0 Å². The largest absolute Gasteiger partial charge is 0.322 e. The van der Waals surface area contributed by atoms with E-state index in [1.54, 1.807) is 28.9 Å². The van der Waals surface area contributed by atoms with Crippen molar-refractivity contribution in [3.8, 4) is 0 Å². The van der Waals surface area contributed by atoms with Crippen molar-refractivity contribution in [1.29, 1.82) is 0 Å². The van der Waals surface area contributed by atoms with E-state index in [0.717, 1.165) is 22.1 Å². The molecule has 0 fully saturated rings. The highest BCUT2D eigenvalue weighted by atomic mass is 32.1. The third-order valence-corrected chi connectivity index (χ3v) is 4.18. The lowest BCUT2D eigenvalue weighted by Crippen LogP contribution is -2.12. The summed E-state index contributed by atoms with van der Waals surface area (Å²) in [5.74, 6) is 0. The average molecular weight is 239 g/mol. The van der Waals surface area contributed by atoms with Gasteiger partial charge in [-0.25, -0.2) is 9.97 Å². The number of hydrogen-bond acceptors (Lipinski definition) is 5. The molecule has 2 aromatic heterocycles. The molecular formula is C10H13N3S2. The Morgan fingerprint density at radius 3 is 2.80 bits per heavy atom. The van der Waals surface area contributed by atoms with E-state index >= 15 is 0 Å². The summed E-state index contributed by atoms with van der Waals surface area (Å²) in [6.45, 7) is 4.06. The Hall–Kier alpha value is -0.780. The molecule has 0 saturated heterocycles. The van der Waals surface area contributed by atoms with Crippen LogP contribution in [-0.2, 0) is 6.42 Å². The van der Waals surface area contributed by atoms with E-state index in [-0.39, 0.29) is 6.04 Å². The van der Waals surface area contributed by atoms with Crippen LogP contribution in [0.5, 0.6) is 0 Å². The molecule has 2 N–H and O–H groups in total. The Kier molecular flexibility index (Phi) is 3.14. The average Bonchev–Trinajstić information content (AvgIpc) is 2.76. The van der Waals surface area contributed by atoms with Crippen molar-refractivity contribution >= 4 is 22.7 Å². The van der Waals surface area contributed by atoms with E-state index in [0.29, 0.717) is 0 Å². The standard InChI is InChI=1S/C10H13N3S2/c1-6-9(15-7(2)13-6)5-8(11)10-12-3-4-14-10/h3-4,8H,5,11H2,1-2H3. The second-order valence-electron chi connectivity index (χ2n) is 3.42. The van der Waals surface area contributed by atoms with Crippen LogP contribution < -0.4 is 5.73 Å². The highest BCUT2D eigenvalue weighted by molar-refractivity contribution is 7.11. The van der Waals surface area contributed by atoms with Crippen molar-refractivity contribution in [2.24, 2.45) is 5.73 Å². The summed E-state index contributed by atoms with van der Waals surface area (Å²) in [4.78, 5) is 9.89. The van der Waals surface area contributed by atoms with E-state index in [1.807, 2.05) is 19.2 Å². The molecule has 0 radical (unpaired) electrons. The molecule has 1 unspecified atom stereocenters. The molecule has 3 nitrogen and oxygen atoms in total. The molecule has 0 aliphatic heterocycles. The van der Waals surface area contributed by atoms with Crippen LogP contribution in [0.2, 0.25) is 0 Å². The molecule has 0 aromatic carbocycles. The molecule has 0 amide bonds. The number of rotatable bonds is 3. The fraction of sp³-hybridized carbons (Fsp3) is 0.400. The van der Waals surface area contributed by atoms with E-state index < -0.39 is 0 Å². The zero-order chi connectivity index (χ0) is 10.8. The second kappa shape index (κ2) is 4.38. The Morgan fingerprint density at radius 2 is 2.27 bits per heavy atom. The molecule has 15 heavy (non-hydrogen) atoms. The van der Waals surface area contributed by atoms with Crippen LogP contribution in [0, 0.1) is 13.8 Å². The molecule has 0 aliphatic rings. The van der Waals surface area contributed by atoms with Gasteiger partial charge in [-0.1, -0.05) is 0 Å². The first-order chi connectivity index (χ1) is 7.16. The maximum absolute atomic E-state index is 6.08. The maximum atomic E-state index is 6.08. The summed E-state index contributed by atoms with van der Waals surface area (Å²) in [5.41, 5.74) is 7.18. The smallest absolute Gasteiger partial charge is 0.110 e. The van der Waals surface area contributed by atoms with Gasteiger partial charge in [-0.3, -0.25) is 0 Å². The van der Waals surface area contributed by atoms with Gasteiger partial charge in [0.05, 0.1) is 16.7 Å². The molecule has 0 bridgehead atoms. The van der Waals surface area contributed by atoms with Crippen molar-refractivity contribution in [1.82, 2.24) is 9.97 Å². The minimum absolute atomic E-state index is 0.00329. The fourth-order valence-corrected chi connectivity index (χ4v) is 3.10. The van der Waals surface area contributed by atoms with Crippen LogP contribution in [0.4, 0.5) is 0 Å². The number of nitrogens with zero attached hydrogens (tertiary/aromatic N) is 2. The Bertz CT molecular complexity index is 433. The van der Waals surface area contributed by atoms with Crippen molar-refractivity contribution < 1.29 is 0 Å². The monoisotopic (exact) mass is 239 g/mol. The van der Waals surface area contributed by atoms with Gasteiger partial charge < -0.3 is 5.73 Å². The van der Waals surface area contributed by atoms with E-state index in [1.165, 1.54) is 4.88 Å². The quantitative estimate of drug-likeness (QED) is 0.895. The zero-order valence-electron chi connectivity index (χ0n) is 8.73. The van der Waals surface area contributed by atoms with Gasteiger partial charge in [-0.15, -0.1) is 22.7 Å². The molecular weight excluding hydrogens is 226 g/mol. The zero-order valence-corrected chi connectivity index (χ0v) is 10.4. The third-order valence-electron chi connectivity index (χ3n) is 2.17. The molecule has 0 saturated carbocycles. The van der Waals surface area contributed by atoms with Gasteiger partial charge in [-0.2, -0.15) is 0 Å². The molecule has 2 aromatic rings. The lowest BCUT2D eigenvalue weighted by Gasteiger charge is -2.06. The number of hydrogen-bond donors (Lipinski definition) is 1. The normalized spacial score (nSPS) is 13.0. The SMILES string of the molecule is Cc1nc(C)c(CC(N)c2nccs2)s1. The number of aromatic nitrogens is 2. The lowest BCUT2D eigenvalue weighted by atomic mass is 10.2. The summed E-state index contributed by atoms with van der Waals surface area (Å²) in [7, 11) is 0. The first-order valence-corrected chi connectivity index (χ1v) is 6.44. The summed E-state index contributed by atoms with van der Waals surface area (Å²) in [6.07, 6.45) is 2.63. The highest BCUT2D eigenvalue weighted by Gasteiger charge is 2.13. The van der Waals surface area contributed by atoms with Crippen molar-refractivity contribution in [2.45, 2.75) is 26.3 Å². The first-order valence-electron chi connectivity index (χ1n) is 4.74. The van der Waals surface area contributed by atoms with Gasteiger partial charge in [0.1, 0.15) is 5.01 Å². The molecule has 5 heteroatoms. The van der Waals surface area contributed by atoms with Crippen LogP contribution in [-0.4, -0.2) is 9.97 Å². The predicted molar refractivity (Wildman–Crippen MR) is 64.3 cm³/mol. The summed E-state index contributed by atoms with van der Waals surface area (Å²) in [5, 5.41) is 4.06. The Balaban J connectivity index is 2.12. The van der Waals surface area contributed by atoms with Gasteiger partial charge >= 0.3 is 0 Å². The minimum atomic E-state index is 0.00329. The third kappa shape index (κ3) is 2.42. The van der Waals surface area contributed by atoms with Crippen LogP contribution in [0.15, 0.2) is 11.6 Å². The Morgan fingerprint density at radius 1 is 1.47 bits per heavy atom. The summed E-state index contributed by atoms with van der Waals surface area (Å²) >= 11 is 3.34. The summed E-state index contributed by atoms with van der Waals surface area (Å²) < 4.78 is 0. The molecule has 0 aliphatic carbocycles. The van der Waals surface area contributed by atoms with Crippen LogP contribution in [0.3, 0.4) is 0 Å². The van der Waals surface area contributed by atoms with Crippen LogP contribution in [0.1, 0.15) is 26.6 Å². The fourth-order valence-electron chi connectivity index (χ4n) is 1.47.